The number of carbonyl (C=O) groups excluding carboxylic acids is 2. The Hall–Kier alpha value is -2.95. The molecule has 0 aliphatic carbocycles. The molecule has 1 aromatic heterocycles. The molecule has 3 rings (SSSR count). The van der Waals surface area contributed by atoms with Crippen molar-refractivity contribution in [1.29, 1.82) is 0 Å². The van der Waals surface area contributed by atoms with Crippen molar-refractivity contribution >= 4 is 17.8 Å². The van der Waals surface area contributed by atoms with E-state index in [4.69, 9.17) is 9.47 Å². The van der Waals surface area contributed by atoms with Crippen LogP contribution < -0.4 is 9.47 Å². The Kier molecular flexibility index (Phi) is 4.17. The van der Waals surface area contributed by atoms with E-state index in [9.17, 15) is 9.59 Å². The van der Waals surface area contributed by atoms with Crippen molar-refractivity contribution < 1.29 is 19.1 Å². The molecular formula is C20H19NO4. The maximum atomic E-state index is 12.6. The summed E-state index contributed by atoms with van der Waals surface area (Å²) < 4.78 is 11.1. The Bertz CT molecular complexity index is 877. The summed E-state index contributed by atoms with van der Waals surface area (Å²) in [6.45, 7) is 7.13. The largest absolute Gasteiger partial charge is 0.452 e. The van der Waals surface area contributed by atoms with Gasteiger partial charge in [-0.1, -0.05) is 6.07 Å². The summed E-state index contributed by atoms with van der Waals surface area (Å²) >= 11 is 0. The first kappa shape index (κ1) is 16.9. The fourth-order valence-corrected chi connectivity index (χ4v) is 2.39. The molecule has 0 atom stereocenters. The van der Waals surface area contributed by atoms with E-state index in [1.165, 1.54) is 0 Å². The van der Waals surface area contributed by atoms with Crippen molar-refractivity contribution in [2.24, 2.45) is 5.41 Å². The van der Waals surface area contributed by atoms with E-state index in [0.29, 0.717) is 28.3 Å². The first-order valence-corrected chi connectivity index (χ1v) is 7.98. The third kappa shape index (κ3) is 3.45. The zero-order valence-corrected chi connectivity index (χ0v) is 14.6. The Morgan fingerprint density at radius 2 is 2.00 bits per heavy atom. The standard InChI is InChI=1S/C20H19NO4/c1-12-9-14(24-19(23)20(2,3)4)11-15-17(12)18(22)16(25-15)10-13-7-5-6-8-21-13/h5-11H,1-4H3/b16-10-. The molecule has 1 aliphatic rings. The normalized spacial score (nSPS) is 15.0. The zero-order chi connectivity index (χ0) is 18.2. The summed E-state index contributed by atoms with van der Waals surface area (Å²) in [6.07, 6.45) is 3.25. The molecule has 1 aliphatic heterocycles. The maximum Gasteiger partial charge on any atom is 0.316 e. The van der Waals surface area contributed by atoms with E-state index in [1.807, 2.05) is 6.07 Å². The van der Waals surface area contributed by atoms with Crippen LogP contribution in [0.3, 0.4) is 0 Å². The molecule has 0 unspecified atom stereocenters. The van der Waals surface area contributed by atoms with Crippen LogP contribution in [0.1, 0.15) is 42.4 Å². The lowest BCUT2D eigenvalue weighted by molar-refractivity contribution is -0.143. The number of ketones is 1. The van der Waals surface area contributed by atoms with Crippen LogP contribution in [-0.4, -0.2) is 16.7 Å². The predicted molar refractivity (Wildman–Crippen MR) is 93.4 cm³/mol. The van der Waals surface area contributed by atoms with Gasteiger partial charge in [-0.25, -0.2) is 0 Å². The van der Waals surface area contributed by atoms with Crippen LogP contribution in [0.4, 0.5) is 0 Å². The molecule has 128 valence electrons. The summed E-state index contributed by atoms with van der Waals surface area (Å²) in [5, 5.41) is 0. The van der Waals surface area contributed by atoms with Crippen LogP contribution in [0.2, 0.25) is 0 Å². The smallest absolute Gasteiger partial charge is 0.316 e. The minimum Gasteiger partial charge on any atom is -0.452 e. The van der Waals surface area contributed by atoms with E-state index < -0.39 is 5.41 Å². The van der Waals surface area contributed by atoms with Crippen molar-refractivity contribution in [2.75, 3.05) is 0 Å². The molecule has 0 radical (unpaired) electrons. The number of aryl methyl sites for hydroxylation is 1. The van der Waals surface area contributed by atoms with E-state index in [-0.39, 0.29) is 17.5 Å². The molecule has 0 N–H and O–H groups in total. The number of benzene rings is 1. The number of hydrogen-bond acceptors (Lipinski definition) is 5. The predicted octanol–water partition coefficient (Wildman–Crippen LogP) is 3.96. The molecule has 2 aromatic rings. The van der Waals surface area contributed by atoms with Gasteiger partial charge in [0.15, 0.2) is 5.76 Å². The number of rotatable bonds is 2. The van der Waals surface area contributed by atoms with Crippen LogP contribution >= 0.6 is 0 Å². The molecule has 0 bridgehead atoms. The monoisotopic (exact) mass is 337 g/mol. The van der Waals surface area contributed by atoms with Gasteiger partial charge in [0, 0.05) is 18.3 Å². The molecule has 0 fully saturated rings. The second-order valence-electron chi connectivity index (χ2n) is 6.95. The highest BCUT2D eigenvalue weighted by Gasteiger charge is 2.31. The van der Waals surface area contributed by atoms with Gasteiger partial charge in [-0.3, -0.25) is 14.6 Å². The van der Waals surface area contributed by atoms with Crippen LogP contribution in [0.5, 0.6) is 11.5 Å². The number of aromatic nitrogens is 1. The van der Waals surface area contributed by atoms with Gasteiger partial charge >= 0.3 is 5.97 Å². The number of fused-ring (bicyclic) bond motifs is 1. The highest BCUT2D eigenvalue weighted by molar-refractivity contribution is 6.15. The van der Waals surface area contributed by atoms with Gasteiger partial charge in [-0.05, 0) is 51.5 Å². The first-order valence-electron chi connectivity index (χ1n) is 7.98. The van der Waals surface area contributed by atoms with Gasteiger partial charge in [0.25, 0.3) is 0 Å². The third-order valence-corrected chi connectivity index (χ3v) is 3.73. The zero-order valence-electron chi connectivity index (χ0n) is 14.6. The SMILES string of the molecule is Cc1cc(OC(=O)C(C)(C)C)cc2c1C(=O)/C(=C/c1ccccn1)O2. The topological polar surface area (TPSA) is 65.5 Å². The van der Waals surface area contributed by atoms with Crippen LogP contribution in [-0.2, 0) is 4.79 Å². The summed E-state index contributed by atoms with van der Waals surface area (Å²) in [5.74, 6) is 0.412. The van der Waals surface area contributed by atoms with Crippen molar-refractivity contribution in [3.63, 3.8) is 0 Å². The van der Waals surface area contributed by atoms with Crippen molar-refractivity contribution in [3.05, 3.63) is 59.1 Å². The molecule has 0 saturated carbocycles. The fourth-order valence-electron chi connectivity index (χ4n) is 2.39. The summed E-state index contributed by atoms with van der Waals surface area (Å²) in [7, 11) is 0. The number of nitrogens with zero attached hydrogens (tertiary/aromatic N) is 1. The minimum atomic E-state index is -0.617. The van der Waals surface area contributed by atoms with Crippen LogP contribution in [0, 0.1) is 12.3 Å². The summed E-state index contributed by atoms with van der Waals surface area (Å²) in [5.41, 5.74) is 1.20. The minimum absolute atomic E-state index is 0.202. The molecule has 1 aromatic carbocycles. The number of pyridine rings is 1. The lowest BCUT2D eigenvalue weighted by Gasteiger charge is -2.16. The van der Waals surface area contributed by atoms with E-state index in [0.717, 1.165) is 0 Å². The molecule has 0 amide bonds. The molecule has 0 spiro atoms. The quantitative estimate of drug-likeness (QED) is 0.471. The van der Waals surface area contributed by atoms with Gasteiger partial charge in [0.2, 0.25) is 5.78 Å². The number of Topliss-reactive ketones (excluding diaryl/α,β-unsaturated/α-hetero) is 1. The van der Waals surface area contributed by atoms with Crippen molar-refractivity contribution in [2.45, 2.75) is 27.7 Å². The average molecular weight is 337 g/mol. The highest BCUT2D eigenvalue weighted by atomic mass is 16.5. The first-order chi connectivity index (χ1) is 11.8. The van der Waals surface area contributed by atoms with E-state index >= 15 is 0 Å². The van der Waals surface area contributed by atoms with E-state index in [1.54, 1.807) is 64.2 Å². The lowest BCUT2D eigenvalue weighted by Crippen LogP contribution is -2.25. The molecule has 25 heavy (non-hydrogen) atoms. The Morgan fingerprint density at radius 3 is 2.64 bits per heavy atom. The Labute approximate surface area is 146 Å². The van der Waals surface area contributed by atoms with Crippen LogP contribution in [0.15, 0.2) is 42.3 Å². The lowest BCUT2D eigenvalue weighted by atomic mass is 9.97. The second-order valence-corrected chi connectivity index (χ2v) is 6.95. The number of ether oxygens (including phenoxy) is 2. The molecular weight excluding hydrogens is 318 g/mol. The summed E-state index contributed by atoms with van der Waals surface area (Å²) in [6, 6.07) is 8.67. The molecule has 2 heterocycles. The highest BCUT2D eigenvalue weighted by Crippen LogP contribution is 2.37. The molecule has 5 heteroatoms. The van der Waals surface area contributed by atoms with Crippen LogP contribution in [0.25, 0.3) is 6.08 Å². The third-order valence-electron chi connectivity index (χ3n) is 3.73. The van der Waals surface area contributed by atoms with Gasteiger partial charge in [0.05, 0.1) is 16.7 Å². The van der Waals surface area contributed by atoms with Gasteiger partial charge in [0.1, 0.15) is 11.5 Å². The summed E-state index contributed by atoms with van der Waals surface area (Å²) in [4.78, 5) is 28.8. The molecule has 5 nitrogen and oxygen atoms in total. The second kappa shape index (κ2) is 6.16. The Morgan fingerprint density at radius 1 is 1.24 bits per heavy atom. The Balaban J connectivity index is 1.92. The number of allylic oxidation sites excluding steroid dienone is 1. The van der Waals surface area contributed by atoms with Gasteiger partial charge in [-0.2, -0.15) is 0 Å². The van der Waals surface area contributed by atoms with Crippen molar-refractivity contribution in [3.8, 4) is 11.5 Å². The fraction of sp³-hybridized carbons (Fsp3) is 0.250. The maximum absolute atomic E-state index is 12.6. The number of carbonyl (C=O) groups is 2. The van der Waals surface area contributed by atoms with E-state index in [2.05, 4.69) is 4.98 Å². The number of esters is 1. The van der Waals surface area contributed by atoms with Gasteiger partial charge < -0.3 is 9.47 Å². The number of hydrogen-bond donors (Lipinski definition) is 0. The average Bonchev–Trinajstić information content (AvgIpc) is 2.83. The van der Waals surface area contributed by atoms with Crippen molar-refractivity contribution in [1.82, 2.24) is 4.98 Å². The van der Waals surface area contributed by atoms with Gasteiger partial charge in [-0.15, -0.1) is 0 Å². The molecule has 0 saturated heterocycles.